The minimum atomic E-state index is -0.476. The van der Waals surface area contributed by atoms with E-state index in [4.69, 9.17) is 0 Å². The number of nitrogens with zero attached hydrogens (tertiary/aromatic N) is 2. The van der Waals surface area contributed by atoms with Crippen LogP contribution in [0.5, 0.6) is 0 Å². The van der Waals surface area contributed by atoms with Crippen molar-refractivity contribution in [2.24, 2.45) is 0 Å². The zero-order valence-corrected chi connectivity index (χ0v) is 13.7. The first kappa shape index (κ1) is 18.6. The van der Waals surface area contributed by atoms with Crippen molar-refractivity contribution in [1.82, 2.24) is 14.9 Å². The molecule has 1 rings (SSSR count). The average Bonchev–Trinajstić information content (AvgIpc) is 2.93. The zero-order chi connectivity index (χ0) is 16.4. The summed E-state index contributed by atoms with van der Waals surface area (Å²) in [7, 11) is 0. The molecule has 2 unspecified atom stereocenters. The van der Waals surface area contributed by atoms with E-state index in [2.05, 4.69) is 17.2 Å². The molecule has 126 valence electrons. The van der Waals surface area contributed by atoms with Crippen molar-refractivity contribution >= 4 is 5.91 Å². The Hall–Kier alpha value is -1.40. The maximum atomic E-state index is 10.8. The van der Waals surface area contributed by atoms with E-state index in [1.54, 1.807) is 6.33 Å². The molecular formula is C16H29N3O3. The second kappa shape index (κ2) is 10.3. The van der Waals surface area contributed by atoms with E-state index < -0.39 is 6.10 Å². The van der Waals surface area contributed by atoms with Crippen molar-refractivity contribution < 1.29 is 15.0 Å². The van der Waals surface area contributed by atoms with Crippen molar-refractivity contribution in [3.63, 3.8) is 0 Å². The summed E-state index contributed by atoms with van der Waals surface area (Å²) in [5, 5.41) is 22.3. The van der Waals surface area contributed by atoms with E-state index in [1.807, 2.05) is 10.8 Å². The van der Waals surface area contributed by atoms with Gasteiger partial charge in [-0.1, -0.05) is 26.2 Å². The lowest BCUT2D eigenvalue weighted by Gasteiger charge is -2.23. The third-order valence-electron chi connectivity index (χ3n) is 3.77. The fourth-order valence-electron chi connectivity index (χ4n) is 2.52. The van der Waals surface area contributed by atoms with E-state index in [0.29, 0.717) is 19.4 Å². The monoisotopic (exact) mass is 311 g/mol. The Labute approximate surface area is 132 Å². The van der Waals surface area contributed by atoms with Crippen molar-refractivity contribution in [3.05, 3.63) is 18.2 Å². The molecule has 0 saturated heterocycles. The Bertz CT molecular complexity index is 434. The standard InChI is InChI=1S/C16H29N3O3/c1-3-4-5-6-16(22)15(8-10-20)19-11-14(18-12-19)7-9-17-13(2)21/h11-12,15-16,20,22H,3-10H2,1-2H3,(H,17,21). The predicted molar refractivity (Wildman–Crippen MR) is 85.5 cm³/mol. The largest absolute Gasteiger partial charge is 0.396 e. The Morgan fingerprint density at radius 1 is 1.41 bits per heavy atom. The van der Waals surface area contributed by atoms with E-state index in [1.165, 1.54) is 6.92 Å². The lowest BCUT2D eigenvalue weighted by atomic mass is 10.0. The van der Waals surface area contributed by atoms with Crippen LogP contribution < -0.4 is 5.32 Å². The molecule has 1 heterocycles. The van der Waals surface area contributed by atoms with Gasteiger partial charge in [-0.2, -0.15) is 0 Å². The number of rotatable bonds is 11. The van der Waals surface area contributed by atoms with E-state index in [9.17, 15) is 15.0 Å². The normalized spacial score (nSPS) is 13.8. The van der Waals surface area contributed by atoms with Gasteiger partial charge in [0.2, 0.25) is 5.91 Å². The molecule has 0 aliphatic carbocycles. The van der Waals surface area contributed by atoms with Gasteiger partial charge in [0.25, 0.3) is 0 Å². The SMILES string of the molecule is CCCCCC(O)C(CCO)n1cnc(CCNC(C)=O)c1. The molecule has 0 saturated carbocycles. The van der Waals surface area contributed by atoms with Gasteiger partial charge in [-0.15, -0.1) is 0 Å². The molecule has 1 aromatic rings. The first-order valence-electron chi connectivity index (χ1n) is 8.14. The number of hydrogen-bond acceptors (Lipinski definition) is 4. The molecule has 3 N–H and O–H groups in total. The van der Waals surface area contributed by atoms with Crippen molar-refractivity contribution in [1.29, 1.82) is 0 Å². The summed E-state index contributed by atoms with van der Waals surface area (Å²) in [4.78, 5) is 15.2. The van der Waals surface area contributed by atoms with Crippen LogP contribution in [0.15, 0.2) is 12.5 Å². The second-order valence-corrected chi connectivity index (χ2v) is 5.69. The predicted octanol–water partition coefficient (Wildman–Crippen LogP) is 1.43. The molecule has 6 heteroatoms. The molecule has 2 atom stereocenters. The van der Waals surface area contributed by atoms with Crippen LogP contribution in [0.25, 0.3) is 0 Å². The number of carbonyl (C=O) groups excluding carboxylic acids is 1. The van der Waals surface area contributed by atoms with Crippen molar-refractivity contribution in [2.75, 3.05) is 13.2 Å². The highest BCUT2D eigenvalue weighted by Crippen LogP contribution is 2.21. The van der Waals surface area contributed by atoms with Crippen LogP contribution in [0.1, 0.15) is 57.7 Å². The second-order valence-electron chi connectivity index (χ2n) is 5.69. The van der Waals surface area contributed by atoms with Crippen LogP contribution in [0.3, 0.4) is 0 Å². The maximum absolute atomic E-state index is 10.8. The van der Waals surface area contributed by atoms with Crippen LogP contribution in [0.4, 0.5) is 0 Å². The minimum Gasteiger partial charge on any atom is -0.396 e. The minimum absolute atomic E-state index is 0.0366. The van der Waals surface area contributed by atoms with E-state index in [0.717, 1.165) is 31.4 Å². The van der Waals surface area contributed by atoms with Crippen LogP contribution in [-0.2, 0) is 11.2 Å². The number of imidazole rings is 1. The number of amides is 1. The Morgan fingerprint density at radius 3 is 2.82 bits per heavy atom. The molecular weight excluding hydrogens is 282 g/mol. The summed E-state index contributed by atoms with van der Waals surface area (Å²) in [6.45, 7) is 4.21. The lowest BCUT2D eigenvalue weighted by Crippen LogP contribution is -2.24. The quantitative estimate of drug-likeness (QED) is 0.539. The Morgan fingerprint density at radius 2 is 2.18 bits per heavy atom. The summed E-state index contributed by atoms with van der Waals surface area (Å²) < 4.78 is 1.88. The molecule has 6 nitrogen and oxygen atoms in total. The third-order valence-corrected chi connectivity index (χ3v) is 3.77. The summed E-state index contributed by atoms with van der Waals surface area (Å²) in [6.07, 6.45) is 8.24. The van der Waals surface area contributed by atoms with Crippen molar-refractivity contribution in [2.45, 2.75) is 64.5 Å². The maximum Gasteiger partial charge on any atom is 0.216 e. The number of aliphatic hydroxyl groups is 2. The molecule has 22 heavy (non-hydrogen) atoms. The number of carbonyl (C=O) groups is 1. The van der Waals surface area contributed by atoms with E-state index >= 15 is 0 Å². The van der Waals surface area contributed by atoms with Gasteiger partial charge in [0, 0.05) is 32.7 Å². The number of aromatic nitrogens is 2. The number of nitrogens with one attached hydrogen (secondary N) is 1. The molecule has 0 aromatic carbocycles. The summed E-state index contributed by atoms with van der Waals surface area (Å²) in [5.74, 6) is -0.0519. The first-order valence-corrected chi connectivity index (χ1v) is 8.14. The van der Waals surface area contributed by atoms with Gasteiger partial charge >= 0.3 is 0 Å². The summed E-state index contributed by atoms with van der Waals surface area (Å²) in [5.41, 5.74) is 0.873. The van der Waals surface area contributed by atoms with Gasteiger partial charge in [0.1, 0.15) is 0 Å². The molecule has 1 amide bonds. The molecule has 0 fully saturated rings. The average molecular weight is 311 g/mol. The molecule has 0 spiro atoms. The first-order chi connectivity index (χ1) is 10.6. The summed E-state index contributed by atoms with van der Waals surface area (Å²) >= 11 is 0. The molecule has 0 bridgehead atoms. The van der Waals surface area contributed by atoms with Gasteiger partial charge in [-0.05, 0) is 12.8 Å². The van der Waals surface area contributed by atoms with E-state index in [-0.39, 0.29) is 18.6 Å². The Balaban J connectivity index is 2.59. The van der Waals surface area contributed by atoms with Crippen LogP contribution >= 0.6 is 0 Å². The molecule has 0 aliphatic rings. The number of aliphatic hydroxyl groups excluding tert-OH is 2. The van der Waals surface area contributed by atoms with Crippen LogP contribution in [-0.4, -0.2) is 44.9 Å². The van der Waals surface area contributed by atoms with Crippen LogP contribution in [0.2, 0.25) is 0 Å². The summed E-state index contributed by atoms with van der Waals surface area (Å²) in [6, 6.07) is -0.149. The highest BCUT2D eigenvalue weighted by atomic mass is 16.3. The van der Waals surface area contributed by atoms with Gasteiger partial charge < -0.3 is 20.1 Å². The highest BCUT2D eigenvalue weighted by Gasteiger charge is 2.20. The fourth-order valence-corrected chi connectivity index (χ4v) is 2.52. The molecule has 1 aromatic heterocycles. The highest BCUT2D eigenvalue weighted by molar-refractivity contribution is 5.72. The topological polar surface area (TPSA) is 87.4 Å². The van der Waals surface area contributed by atoms with Gasteiger partial charge in [0.15, 0.2) is 0 Å². The smallest absolute Gasteiger partial charge is 0.216 e. The Kier molecular flexibility index (Phi) is 8.77. The van der Waals surface area contributed by atoms with Crippen molar-refractivity contribution in [3.8, 4) is 0 Å². The van der Waals surface area contributed by atoms with Gasteiger partial charge in [-0.25, -0.2) is 4.98 Å². The molecule has 0 radical (unpaired) electrons. The van der Waals surface area contributed by atoms with Gasteiger partial charge in [0.05, 0.1) is 24.2 Å². The van der Waals surface area contributed by atoms with Gasteiger partial charge in [-0.3, -0.25) is 4.79 Å². The zero-order valence-electron chi connectivity index (χ0n) is 13.7. The number of hydrogen-bond donors (Lipinski definition) is 3. The third kappa shape index (κ3) is 6.58. The lowest BCUT2D eigenvalue weighted by molar-refractivity contribution is -0.118. The molecule has 0 aliphatic heterocycles. The number of unbranched alkanes of at least 4 members (excludes halogenated alkanes) is 2. The van der Waals surface area contributed by atoms with Crippen LogP contribution in [0, 0.1) is 0 Å². The fraction of sp³-hybridized carbons (Fsp3) is 0.750.